The highest BCUT2D eigenvalue weighted by molar-refractivity contribution is 5.31. The Kier molecular flexibility index (Phi) is 3.84. The first-order valence-corrected chi connectivity index (χ1v) is 5.58. The van der Waals surface area contributed by atoms with Gasteiger partial charge in [0.1, 0.15) is 11.6 Å². The number of nitrogens with zero attached hydrogens (tertiary/aromatic N) is 2. The smallest absolute Gasteiger partial charge is 0.237 e. The Morgan fingerprint density at radius 2 is 2.11 bits per heavy atom. The third kappa shape index (κ3) is 3.01. The van der Waals surface area contributed by atoms with Gasteiger partial charge in [-0.3, -0.25) is 4.98 Å². The molecule has 0 spiro atoms. The van der Waals surface area contributed by atoms with Crippen molar-refractivity contribution >= 4 is 0 Å². The molecule has 0 unspecified atom stereocenters. The van der Waals surface area contributed by atoms with Gasteiger partial charge >= 0.3 is 0 Å². The predicted octanol–water partition coefficient (Wildman–Crippen LogP) is 2.44. The molecule has 5 heteroatoms. The van der Waals surface area contributed by atoms with Crippen LogP contribution in [-0.4, -0.2) is 17.0 Å². The van der Waals surface area contributed by atoms with Crippen LogP contribution in [0, 0.1) is 12.7 Å². The zero-order valence-corrected chi connectivity index (χ0v) is 10.3. The monoisotopic (exact) mass is 247 g/mol. The molecule has 0 aliphatic rings. The zero-order chi connectivity index (χ0) is 13.0. The SMILES string of the molecule is CNCc1cnc(Oc2ccc(F)c(C)c2)cn1. The fourth-order valence-electron chi connectivity index (χ4n) is 1.47. The molecule has 0 saturated heterocycles. The summed E-state index contributed by atoms with van der Waals surface area (Å²) in [6.07, 6.45) is 3.19. The van der Waals surface area contributed by atoms with E-state index in [1.807, 2.05) is 7.05 Å². The number of aromatic nitrogens is 2. The van der Waals surface area contributed by atoms with Crippen LogP contribution < -0.4 is 10.1 Å². The number of aryl methyl sites for hydroxylation is 1. The number of ether oxygens (including phenoxy) is 1. The summed E-state index contributed by atoms with van der Waals surface area (Å²) in [6, 6.07) is 4.55. The maximum atomic E-state index is 13.1. The second-order valence-corrected chi connectivity index (χ2v) is 3.89. The Morgan fingerprint density at radius 1 is 1.28 bits per heavy atom. The van der Waals surface area contributed by atoms with Gasteiger partial charge in [-0.1, -0.05) is 0 Å². The second-order valence-electron chi connectivity index (χ2n) is 3.89. The van der Waals surface area contributed by atoms with E-state index in [9.17, 15) is 4.39 Å². The lowest BCUT2D eigenvalue weighted by molar-refractivity contribution is 0.456. The van der Waals surface area contributed by atoms with E-state index in [0.29, 0.717) is 23.7 Å². The Balaban J connectivity index is 2.10. The maximum Gasteiger partial charge on any atom is 0.237 e. The van der Waals surface area contributed by atoms with Crippen LogP contribution >= 0.6 is 0 Å². The van der Waals surface area contributed by atoms with Crippen LogP contribution in [0.15, 0.2) is 30.6 Å². The molecule has 0 atom stereocenters. The molecule has 2 aromatic rings. The van der Waals surface area contributed by atoms with Crippen LogP contribution in [0.25, 0.3) is 0 Å². The second kappa shape index (κ2) is 5.55. The molecule has 94 valence electrons. The summed E-state index contributed by atoms with van der Waals surface area (Å²) in [6.45, 7) is 2.34. The highest BCUT2D eigenvalue weighted by atomic mass is 19.1. The standard InChI is InChI=1S/C13H14FN3O/c1-9-5-11(3-4-12(9)14)18-13-8-16-10(6-15-2)7-17-13/h3-5,7-8,15H,6H2,1-2H3. The average molecular weight is 247 g/mol. The van der Waals surface area contributed by atoms with Crippen LogP contribution in [0.5, 0.6) is 11.6 Å². The summed E-state index contributed by atoms with van der Waals surface area (Å²) in [5, 5.41) is 2.98. The number of nitrogens with one attached hydrogen (secondary N) is 1. The number of hydrogen-bond donors (Lipinski definition) is 1. The van der Waals surface area contributed by atoms with E-state index >= 15 is 0 Å². The largest absolute Gasteiger partial charge is 0.437 e. The van der Waals surface area contributed by atoms with Crippen LogP contribution in [0.1, 0.15) is 11.3 Å². The third-order valence-corrected chi connectivity index (χ3v) is 2.39. The molecule has 0 aliphatic carbocycles. The van der Waals surface area contributed by atoms with E-state index in [-0.39, 0.29) is 5.82 Å². The molecular weight excluding hydrogens is 233 g/mol. The molecule has 4 nitrogen and oxygen atoms in total. The van der Waals surface area contributed by atoms with Crippen molar-refractivity contribution in [2.75, 3.05) is 7.05 Å². The molecule has 18 heavy (non-hydrogen) atoms. The molecule has 1 aromatic carbocycles. The quantitative estimate of drug-likeness (QED) is 0.901. The lowest BCUT2D eigenvalue weighted by atomic mass is 10.2. The molecule has 0 aliphatic heterocycles. The molecule has 0 bridgehead atoms. The van der Waals surface area contributed by atoms with Gasteiger partial charge in [0.2, 0.25) is 5.88 Å². The number of benzene rings is 1. The molecule has 0 amide bonds. The Labute approximate surface area is 105 Å². The molecule has 0 fully saturated rings. The van der Waals surface area contributed by atoms with Crippen molar-refractivity contribution in [2.24, 2.45) is 0 Å². The lowest BCUT2D eigenvalue weighted by Gasteiger charge is -2.06. The average Bonchev–Trinajstić information content (AvgIpc) is 2.37. The summed E-state index contributed by atoms with van der Waals surface area (Å²) in [7, 11) is 1.84. The van der Waals surface area contributed by atoms with E-state index in [0.717, 1.165) is 5.69 Å². The third-order valence-electron chi connectivity index (χ3n) is 2.39. The molecular formula is C13H14FN3O. The summed E-state index contributed by atoms with van der Waals surface area (Å²) in [4.78, 5) is 8.31. The lowest BCUT2D eigenvalue weighted by Crippen LogP contribution is -2.07. The van der Waals surface area contributed by atoms with Crippen molar-refractivity contribution in [1.29, 1.82) is 0 Å². The van der Waals surface area contributed by atoms with E-state index in [1.165, 1.54) is 6.07 Å². The molecule has 0 saturated carbocycles. The van der Waals surface area contributed by atoms with Gasteiger partial charge in [-0.25, -0.2) is 9.37 Å². The highest BCUT2D eigenvalue weighted by Crippen LogP contribution is 2.21. The highest BCUT2D eigenvalue weighted by Gasteiger charge is 2.03. The summed E-state index contributed by atoms with van der Waals surface area (Å²) in [5.74, 6) is 0.684. The normalized spacial score (nSPS) is 10.4. The van der Waals surface area contributed by atoms with E-state index < -0.39 is 0 Å². The van der Waals surface area contributed by atoms with Crippen LogP contribution in [0.2, 0.25) is 0 Å². The van der Waals surface area contributed by atoms with Gasteiger partial charge in [-0.05, 0) is 37.7 Å². The summed E-state index contributed by atoms with van der Waals surface area (Å²) < 4.78 is 18.6. The molecule has 2 rings (SSSR count). The fraction of sp³-hybridized carbons (Fsp3) is 0.231. The molecule has 1 aromatic heterocycles. The van der Waals surface area contributed by atoms with Gasteiger partial charge in [0.05, 0.1) is 18.1 Å². The van der Waals surface area contributed by atoms with Crippen LogP contribution in [0.3, 0.4) is 0 Å². The van der Waals surface area contributed by atoms with Crippen LogP contribution in [-0.2, 0) is 6.54 Å². The van der Waals surface area contributed by atoms with Gasteiger partial charge in [0, 0.05) is 6.54 Å². The van der Waals surface area contributed by atoms with E-state index in [4.69, 9.17) is 4.74 Å². The fourth-order valence-corrected chi connectivity index (χ4v) is 1.47. The van der Waals surface area contributed by atoms with Gasteiger partial charge < -0.3 is 10.1 Å². The Morgan fingerprint density at radius 3 is 2.72 bits per heavy atom. The summed E-state index contributed by atoms with van der Waals surface area (Å²) >= 11 is 0. The van der Waals surface area contributed by atoms with Crippen molar-refractivity contribution in [1.82, 2.24) is 15.3 Å². The first-order valence-electron chi connectivity index (χ1n) is 5.58. The Hall–Kier alpha value is -2.01. The van der Waals surface area contributed by atoms with Crippen molar-refractivity contribution in [3.63, 3.8) is 0 Å². The van der Waals surface area contributed by atoms with Gasteiger partial charge in [-0.2, -0.15) is 0 Å². The first-order chi connectivity index (χ1) is 8.69. The molecule has 1 N–H and O–H groups in total. The van der Waals surface area contributed by atoms with Gasteiger partial charge in [-0.15, -0.1) is 0 Å². The number of halogens is 1. The maximum absolute atomic E-state index is 13.1. The predicted molar refractivity (Wildman–Crippen MR) is 66.0 cm³/mol. The minimum Gasteiger partial charge on any atom is -0.437 e. The first kappa shape index (κ1) is 12.4. The minimum atomic E-state index is -0.252. The Bertz CT molecular complexity index is 528. The van der Waals surface area contributed by atoms with E-state index in [2.05, 4.69) is 15.3 Å². The number of hydrogen-bond acceptors (Lipinski definition) is 4. The molecule has 0 radical (unpaired) electrons. The van der Waals surface area contributed by atoms with Crippen molar-refractivity contribution in [2.45, 2.75) is 13.5 Å². The molecule has 1 heterocycles. The van der Waals surface area contributed by atoms with Crippen LogP contribution in [0.4, 0.5) is 4.39 Å². The van der Waals surface area contributed by atoms with Gasteiger partial charge in [0.15, 0.2) is 0 Å². The summed E-state index contributed by atoms with van der Waals surface area (Å²) in [5.41, 5.74) is 1.37. The van der Waals surface area contributed by atoms with Crippen molar-refractivity contribution < 1.29 is 9.13 Å². The minimum absolute atomic E-state index is 0.252. The topological polar surface area (TPSA) is 47.0 Å². The number of rotatable bonds is 4. The van der Waals surface area contributed by atoms with E-state index in [1.54, 1.807) is 31.5 Å². The zero-order valence-electron chi connectivity index (χ0n) is 10.3. The van der Waals surface area contributed by atoms with Crippen molar-refractivity contribution in [3.05, 3.63) is 47.7 Å². The van der Waals surface area contributed by atoms with Crippen molar-refractivity contribution in [3.8, 4) is 11.6 Å². The van der Waals surface area contributed by atoms with Gasteiger partial charge in [0.25, 0.3) is 0 Å².